The fourth-order valence-corrected chi connectivity index (χ4v) is 33.7. The van der Waals surface area contributed by atoms with Crippen LogP contribution in [0.25, 0.3) is 0 Å². The number of Topliss-reactive ketones (excluding diaryl/α,β-unsaturated/α-hetero) is 1. The van der Waals surface area contributed by atoms with Crippen LogP contribution in [0.4, 0.5) is 0 Å². The zero-order valence-corrected chi connectivity index (χ0v) is 78.1. The highest BCUT2D eigenvalue weighted by molar-refractivity contribution is 5.91. The molecule has 4 unspecified atom stereocenters. The zero-order chi connectivity index (χ0) is 87.9. The second kappa shape index (κ2) is 39.4. The monoisotopic (exact) mass is 1710 g/mol. The van der Waals surface area contributed by atoms with Gasteiger partial charge >= 0.3 is 17.9 Å². The van der Waals surface area contributed by atoms with Crippen LogP contribution in [-0.4, -0.2) is 158 Å². The number of carboxylic acids is 3. The molecule has 0 radical (unpaired) electrons. The Labute approximate surface area is 735 Å². The number of carbonyl (C=O) groups is 6. The highest BCUT2D eigenvalue weighted by Gasteiger charge is 2.70. The highest BCUT2D eigenvalue weighted by atomic mass is 16.5. The van der Waals surface area contributed by atoms with Crippen molar-refractivity contribution in [3.63, 3.8) is 0 Å². The SMILES string of the molecule is C[C@H](CCC(=O)O)[C@H]1CC[C@H]2[C@@H]3CC[C@@H]4C[C@@H](OCCCCCCCC(=O)C5(C)CC(C)(C(=O)NCCCCCCO[C@H]6CCC7(C)[C@@H](C6)C[C@@H](O)[C@@H]6[C@@H]7C[C@H](O)[C@]7(C)[C@@H]([C@H](C)CCC(=O)O)CC[C@@H]67)CC(C)(C(=O)NCCCCCCO[C@H]6CC[C@@]7(C)[C@@H](C6)C[C@@H](O)[C@@H]6[C@@H]7C[C@H](O)[C@]7(C)[C@@H]([C@H](C)CCC(=O)O)CC[C@@H]67)C5)CC[C@]4(C)[C@H]3C[C@H](O)[C@]12C. The van der Waals surface area contributed by atoms with Crippen molar-refractivity contribution in [3.05, 3.63) is 0 Å². The molecular weight excluding hydrogens is 1540 g/mol. The van der Waals surface area contributed by atoms with Gasteiger partial charge in [0.2, 0.25) is 11.8 Å². The van der Waals surface area contributed by atoms with E-state index >= 15 is 0 Å². The maximum atomic E-state index is 14.9. The molecule has 13 aliphatic rings. The molecule has 13 fully saturated rings. The Bertz CT molecular complexity index is 3390. The number of carbonyl (C=O) groups excluding carboxylic acids is 3. The summed E-state index contributed by atoms with van der Waals surface area (Å²) in [4.78, 5) is 79.1. The summed E-state index contributed by atoms with van der Waals surface area (Å²) in [6.07, 6.45) is 35.9. The van der Waals surface area contributed by atoms with Gasteiger partial charge in [-0.3, -0.25) is 28.8 Å². The number of amides is 2. The van der Waals surface area contributed by atoms with E-state index in [1.807, 2.05) is 20.8 Å². The third-order valence-electron chi connectivity index (χ3n) is 40.4. The average molecular weight is 1710 g/mol. The van der Waals surface area contributed by atoms with Gasteiger partial charge in [-0.2, -0.15) is 0 Å². The molecule has 0 spiro atoms. The van der Waals surface area contributed by atoms with Gasteiger partial charge < -0.3 is 65.7 Å². The van der Waals surface area contributed by atoms with Crippen LogP contribution in [0.3, 0.4) is 0 Å². The quantitative estimate of drug-likeness (QED) is 0.0255. The Morgan fingerprint density at radius 3 is 1.08 bits per heavy atom. The predicted octanol–water partition coefficient (Wildman–Crippen LogP) is 18.9. The van der Waals surface area contributed by atoms with Gasteiger partial charge in [0.05, 0.1) is 48.8 Å². The Balaban J connectivity index is 0.545. The normalized spacial score (nSPS) is 45.1. The molecule has 2 amide bonds. The first-order valence-corrected chi connectivity index (χ1v) is 50.8. The summed E-state index contributed by atoms with van der Waals surface area (Å²) in [5.74, 6) is 3.40. The number of hydrogen-bond donors (Lipinski definition) is 10. The topological polar surface area (TPSA) is 316 Å². The first-order valence-electron chi connectivity index (χ1n) is 50.8. The second-order valence-corrected chi connectivity index (χ2v) is 47.2. The maximum absolute atomic E-state index is 14.9. The fraction of sp³-hybridized carbons (Fsp3) is 0.942. The molecule has 0 saturated heterocycles. The van der Waals surface area contributed by atoms with Crippen LogP contribution < -0.4 is 10.6 Å². The number of hydrogen-bond acceptors (Lipinski definition) is 14. The number of aliphatic hydroxyl groups excluding tert-OH is 5. The third kappa shape index (κ3) is 19.3. The molecule has 0 aromatic rings. The van der Waals surface area contributed by atoms with Gasteiger partial charge in [-0.25, -0.2) is 0 Å². The van der Waals surface area contributed by atoms with Crippen molar-refractivity contribution in [2.75, 3.05) is 32.9 Å². The summed E-state index contributed by atoms with van der Waals surface area (Å²) in [5.41, 5.74) is -3.29. The molecule has 13 aliphatic carbocycles. The molecule has 0 aromatic heterocycles. The molecular formula is C103H172N2O17. The minimum absolute atomic E-state index is 0.0244. The summed E-state index contributed by atoms with van der Waals surface area (Å²) >= 11 is 0. The van der Waals surface area contributed by atoms with E-state index < -0.39 is 58.6 Å². The standard InChI is InChI=1S/C103H172N2O17/c1-63(27-38-88(112)113)73-32-35-76-72-31-30-66-52-69(41-44-98(66,7)79(72)57-85(109)101(73,76)10)120-49-23-17-13-14-20-26-84(108)95(4)60-96(5,93(118)104-47-21-15-18-24-50-121-70-42-45-99(8)67(53-70)55-82(106)91-77-36-33-74(64(2)28-39-89(114)115)102(77,11)86(110)58-80(91)99)62-97(6,61-95)94(119)105-48-22-16-19-25-51-122-71-43-46-100(9)68(54-71)56-83(107)92-78-37-34-75(65(3)29-40-90(116)117)103(78,12)87(111)59-81(92)100/h63-83,85-87,91-92,106-107,109-111H,13-62H2,1-12H3,(H,104,118)(H,105,119)(H,112,113)(H,114,115)(H,116,117)/t63-,64-,65-,66-,67+,68+,69+,70+,71+,72+,73-,74-,75-,76+,77+,78+,79+,80+,81+,82-,83-,85+,86+,87+,91+,92+,95?,96?,97?,98+,99+,100?,101-,102-,103-/m1/s1. The van der Waals surface area contributed by atoms with Gasteiger partial charge in [-0.15, -0.1) is 0 Å². The van der Waals surface area contributed by atoms with Gasteiger partial charge in [0.25, 0.3) is 0 Å². The molecule has 0 aliphatic heterocycles. The Morgan fingerprint density at radius 2 is 0.680 bits per heavy atom. The number of rotatable bonds is 40. The van der Waals surface area contributed by atoms with E-state index in [-0.39, 0.29) is 153 Å². The predicted molar refractivity (Wildman–Crippen MR) is 474 cm³/mol. The van der Waals surface area contributed by atoms with Gasteiger partial charge in [-0.05, 0) is 357 Å². The van der Waals surface area contributed by atoms with E-state index in [0.717, 1.165) is 206 Å². The lowest BCUT2D eigenvalue weighted by molar-refractivity contribution is -0.209. The molecule has 13 rings (SSSR count). The van der Waals surface area contributed by atoms with E-state index in [4.69, 9.17) is 14.2 Å². The number of nitrogens with one attached hydrogen (secondary N) is 2. The lowest BCUT2D eigenvalue weighted by atomic mass is 9.43. The van der Waals surface area contributed by atoms with Crippen molar-refractivity contribution < 1.29 is 83.8 Å². The van der Waals surface area contributed by atoms with E-state index in [1.165, 1.54) is 12.8 Å². The van der Waals surface area contributed by atoms with Gasteiger partial charge in [-0.1, -0.05) is 128 Å². The average Bonchev–Trinajstić information content (AvgIpc) is 1.42. The van der Waals surface area contributed by atoms with E-state index in [1.54, 1.807) is 0 Å². The van der Waals surface area contributed by atoms with Gasteiger partial charge in [0.15, 0.2) is 0 Å². The van der Waals surface area contributed by atoms with Crippen molar-refractivity contribution in [1.82, 2.24) is 10.6 Å². The Morgan fingerprint density at radius 1 is 0.344 bits per heavy atom. The number of fused-ring (bicyclic) bond motifs is 15. The van der Waals surface area contributed by atoms with E-state index in [0.29, 0.717) is 131 Å². The fourth-order valence-electron chi connectivity index (χ4n) is 33.7. The van der Waals surface area contributed by atoms with Crippen LogP contribution in [0.1, 0.15) is 372 Å². The first-order chi connectivity index (χ1) is 57.8. The summed E-state index contributed by atoms with van der Waals surface area (Å²) in [6, 6.07) is 0. The molecule has 0 heterocycles. The summed E-state index contributed by atoms with van der Waals surface area (Å²) in [7, 11) is 0. The van der Waals surface area contributed by atoms with Crippen LogP contribution in [-0.2, 0) is 43.0 Å². The number of aliphatic hydroxyl groups is 5. The molecule has 19 heteroatoms. The number of carboxylic acid groups (broad SMARTS) is 3. The Hall–Kier alpha value is -3.30. The molecule has 13 saturated carbocycles. The number of ketones is 1. The van der Waals surface area contributed by atoms with Crippen molar-refractivity contribution >= 4 is 35.5 Å². The van der Waals surface area contributed by atoms with Crippen LogP contribution in [0.2, 0.25) is 0 Å². The molecule has 19 nitrogen and oxygen atoms in total. The van der Waals surface area contributed by atoms with E-state index in [2.05, 4.69) is 72.9 Å². The van der Waals surface area contributed by atoms with Crippen LogP contribution in [0.5, 0.6) is 0 Å². The van der Waals surface area contributed by atoms with Crippen LogP contribution >= 0.6 is 0 Å². The molecule has 35 atom stereocenters. The molecule has 696 valence electrons. The third-order valence-corrected chi connectivity index (χ3v) is 40.4. The largest absolute Gasteiger partial charge is 0.481 e. The van der Waals surface area contributed by atoms with Crippen molar-refractivity contribution in [1.29, 1.82) is 0 Å². The summed E-state index contributed by atoms with van der Waals surface area (Å²) in [5, 5.41) is 95.5. The van der Waals surface area contributed by atoms with Gasteiger partial charge in [0.1, 0.15) is 5.78 Å². The zero-order valence-electron chi connectivity index (χ0n) is 78.1. The molecule has 0 bridgehead atoms. The van der Waals surface area contributed by atoms with Crippen LogP contribution in [0, 0.1) is 155 Å². The smallest absolute Gasteiger partial charge is 0.303 e. The highest BCUT2D eigenvalue weighted by Crippen LogP contribution is 2.73. The number of unbranched alkanes of at least 4 members (excludes halogenated alkanes) is 10. The maximum Gasteiger partial charge on any atom is 0.303 e. The van der Waals surface area contributed by atoms with Gasteiger partial charge in [0, 0.05) is 74.8 Å². The first kappa shape index (κ1) is 96.3. The van der Waals surface area contributed by atoms with Crippen molar-refractivity contribution in [3.8, 4) is 0 Å². The lowest BCUT2D eigenvalue weighted by Crippen LogP contribution is -2.62. The Kier molecular flexibility index (Phi) is 31.1. The van der Waals surface area contributed by atoms with Crippen molar-refractivity contribution in [2.24, 2.45) is 155 Å². The minimum Gasteiger partial charge on any atom is -0.481 e. The van der Waals surface area contributed by atoms with Crippen molar-refractivity contribution in [2.45, 2.75) is 421 Å². The lowest BCUT2D eigenvalue weighted by Gasteiger charge is -2.63. The molecule has 0 aromatic carbocycles. The number of aliphatic carboxylic acids is 3. The van der Waals surface area contributed by atoms with Crippen LogP contribution in [0.15, 0.2) is 0 Å². The second-order valence-electron chi connectivity index (χ2n) is 47.2. The minimum atomic E-state index is -0.947. The molecule has 122 heavy (non-hydrogen) atoms. The molecule has 10 N–H and O–H groups in total. The number of ether oxygens (including phenoxy) is 3. The summed E-state index contributed by atoms with van der Waals surface area (Å²) < 4.78 is 20.0. The summed E-state index contributed by atoms with van der Waals surface area (Å²) in [6.45, 7) is 29.9. The van der Waals surface area contributed by atoms with E-state index in [9.17, 15) is 69.6 Å².